The fourth-order valence-corrected chi connectivity index (χ4v) is 2.44. The Morgan fingerprint density at radius 2 is 1.77 bits per heavy atom. The molecule has 1 aromatic heterocycles. The summed E-state index contributed by atoms with van der Waals surface area (Å²) in [6, 6.07) is 18.6. The fraction of sp³-hybridized carbons (Fsp3) is 0.150. The van der Waals surface area contributed by atoms with Gasteiger partial charge < -0.3 is 5.11 Å². The number of nitrogens with zero attached hydrogens (tertiary/aromatic N) is 1. The molecule has 0 amide bonds. The number of fused-ring (bicyclic) bond motifs is 1. The lowest BCUT2D eigenvalue weighted by molar-refractivity contribution is 0.305. The molecular formula is C20H17NO. The molecule has 0 saturated heterocycles. The van der Waals surface area contributed by atoms with Crippen LogP contribution >= 0.6 is 0 Å². The Morgan fingerprint density at radius 3 is 2.59 bits per heavy atom. The van der Waals surface area contributed by atoms with Crippen molar-refractivity contribution in [2.75, 3.05) is 6.61 Å². The third kappa shape index (κ3) is 3.33. The van der Waals surface area contributed by atoms with Crippen molar-refractivity contribution in [3.63, 3.8) is 0 Å². The summed E-state index contributed by atoms with van der Waals surface area (Å²) in [5, 5.41) is 11.2. The molecule has 2 nitrogen and oxygen atoms in total. The minimum atomic E-state index is 0.109. The van der Waals surface area contributed by atoms with E-state index in [2.05, 4.69) is 41.1 Å². The molecule has 0 aliphatic heterocycles. The second-order valence-electron chi connectivity index (χ2n) is 5.13. The third-order valence-corrected chi connectivity index (χ3v) is 3.55. The fourth-order valence-electron chi connectivity index (χ4n) is 2.44. The summed E-state index contributed by atoms with van der Waals surface area (Å²) in [5.41, 5.74) is 3.29. The number of pyridine rings is 1. The summed E-state index contributed by atoms with van der Waals surface area (Å²) in [7, 11) is 0. The highest BCUT2D eigenvalue weighted by atomic mass is 16.2. The van der Waals surface area contributed by atoms with Crippen molar-refractivity contribution in [2.45, 2.75) is 12.8 Å². The molecular weight excluding hydrogens is 270 g/mol. The molecule has 2 aromatic carbocycles. The highest BCUT2D eigenvalue weighted by Crippen LogP contribution is 2.19. The number of hydrogen-bond acceptors (Lipinski definition) is 2. The first-order valence-corrected chi connectivity index (χ1v) is 7.38. The third-order valence-electron chi connectivity index (χ3n) is 3.55. The van der Waals surface area contributed by atoms with Crippen LogP contribution in [0.3, 0.4) is 0 Å². The quantitative estimate of drug-likeness (QED) is 0.747. The van der Waals surface area contributed by atoms with Crippen molar-refractivity contribution < 1.29 is 5.11 Å². The van der Waals surface area contributed by atoms with Gasteiger partial charge in [0.1, 0.15) is 0 Å². The molecule has 3 aromatic rings. The summed E-state index contributed by atoms with van der Waals surface area (Å²) in [4.78, 5) is 4.53. The van der Waals surface area contributed by atoms with Crippen molar-refractivity contribution >= 4 is 10.8 Å². The van der Waals surface area contributed by atoms with E-state index in [4.69, 9.17) is 5.11 Å². The Morgan fingerprint density at radius 1 is 0.955 bits per heavy atom. The maximum atomic E-state index is 8.73. The molecule has 0 aliphatic carbocycles. The van der Waals surface area contributed by atoms with Gasteiger partial charge in [0.15, 0.2) is 0 Å². The minimum Gasteiger partial charge on any atom is -0.395 e. The van der Waals surface area contributed by atoms with Gasteiger partial charge >= 0.3 is 0 Å². The zero-order valence-corrected chi connectivity index (χ0v) is 12.3. The van der Waals surface area contributed by atoms with E-state index in [1.54, 1.807) is 0 Å². The average Bonchev–Trinajstić information content (AvgIpc) is 2.57. The van der Waals surface area contributed by atoms with Crippen molar-refractivity contribution in [3.05, 3.63) is 77.6 Å². The summed E-state index contributed by atoms with van der Waals surface area (Å²) in [6.07, 6.45) is 3.19. The molecule has 0 fully saturated rings. The number of hydrogen-bond donors (Lipinski definition) is 1. The highest BCUT2D eigenvalue weighted by Gasteiger charge is 2.03. The van der Waals surface area contributed by atoms with E-state index in [1.165, 1.54) is 16.3 Å². The predicted molar refractivity (Wildman–Crippen MR) is 89.6 cm³/mol. The van der Waals surface area contributed by atoms with Crippen molar-refractivity contribution in [3.8, 4) is 11.8 Å². The lowest BCUT2D eigenvalue weighted by Gasteiger charge is -2.06. The Balaban J connectivity index is 1.82. The zero-order valence-electron chi connectivity index (χ0n) is 12.3. The molecule has 0 atom stereocenters. The molecule has 3 rings (SSSR count). The van der Waals surface area contributed by atoms with Crippen LogP contribution < -0.4 is 0 Å². The van der Waals surface area contributed by atoms with Gasteiger partial charge in [-0.2, -0.15) is 0 Å². The van der Waals surface area contributed by atoms with Gasteiger partial charge in [0.05, 0.1) is 12.3 Å². The molecule has 0 bridgehead atoms. The highest BCUT2D eigenvalue weighted by molar-refractivity contribution is 5.84. The van der Waals surface area contributed by atoms with Gasteiger partial charge in [-0.15, -0.1) is 0 Å². The van der Waals surface area contributed by atoms with Gasteiger partial charge in [0.25, 0.3) is 0 Å². The predicted octanol–water partition coefficient (Wildman–Crippen LogP) is 3.56. The first-order chi connectivity index (χ1) is 10.9. The van der Waals surface area contributed by atoms with Gasteiger partial charge in [-0.05, 0) is 29.1 Å². The van der Waals surface area contributed by atoms with E-state index in [9.17, 15) is 0 Å². The van der Waals surface area contributed by atoms with Crippen LogP contribution in [0.2, 0.25) is 0 Å². The Bertz CT molecular complexity index is 820. The van der Waals surface area contributed by atoms with E-state index >= 15 is 0 Å². The van der Waals surface area contributed by atoms with E-state index < -0.39 is 0 Å². The Kier molecular flexibility index (Phi) is 4.48. The summed E-state index contributed by atoms with van der Waals surface area (Å²) in [6.45, 7) is 0.109. The summed E-state index contributed by atoms with van der Waals surface area (Å²) < 4.78 is 0. The van der Waals surface area contributed by atoms with Gasteiger partial charge in [0.2, 0.25) is 0 Å². The normalized spacial score (nSPS) is 10.2. The number of aliphatic hydroxyl groups is 1. The Hall–Kier alpha value is -2.63. The average molecular weight is 287 g/mol. The number of rotatable bonds is 3. The standard InChI is InChI=1S/C20H17NO/c22-14-4-3-5-16-8-10-17(11-9-16)15-20-19-7-2-1-6-18(19)12-13-21-20/h1-2,6-13,22H,4,14-15H2. The van der Waals surface area contributed by atoms with E-state index in [0.717, 1.165) is 17.7 Å². The Labute approximate surface area is 130 Å². The van der Waals surface area contributed by atoms with Gasteiger partial charge in [0, 0.05) is 30.0 Å². The molecule has 0 radical (unpaired) electrons. The lowest BCUT2D eigenvalue weighted by atomic mass is 10.0. The van der Waals surface area contributed by atoms with Crippen LogP contribution in [0.5, 0.6) is 0 Å². The van der Waals surface area contributed by atoms with Crippen LogP contribution in [-0.2, 0) is 6.42 Å². The SMILES string of the molecule is OCCC#Cc1ccc(Cc2nccc3ccccc23)cc1. The topological polar surface area (TPSA) is 33.1 Å². The van der Waals surface area contributed by atoms with E-state index in [1.807, 2.05) is 36.5 Å². The largest absolute Gasteiger partial charge is 0.395 e. The molecule has 0 aliphatic rings. The van der Waals surface area contributed by atoms with Crippen LogP contribution in [0.25, 0.3) is 10.8 Å². The lowest BCUT2D eigenvalue weighted by Crippen LogP contribution is -1.93. The maximum Gasteiger partial charge on any atom is 0.0540 e. The van der Waals surface area contributed by atoms with E-state index in [-0.39, 0.29) is 6.61 Å². The van der Waals surface area contributed by atoms with Crippen LogP contribution in [0.1, 0.15) is 23.2 Å². The van der Waals surface area contributed by atoms with E-state index in [0.29, 0.717) is 6.42 Å². The van der Waals surface area contributed by atoms with Gasteiger partial charge in [-0.25, -0.2) is 0 Å². The van der Waals surface area contributed by atoms with Gasteiger partial charge in [-0.3, -0.25) is 4.98 Å². The first kappa shape index (κ1) is 14.3. The number of benzene rings is 2. The van der Waals surface area contributed by atoms with Crippen molar-refractivity contribution in [1.29, 1.82) is 0 Å². The second kappa shape index (κ2) is 6.89. The monoisotopic (exact) mass is 287 g/mol. The first-order valence-electron chi connectivity index (χ1n) is 7.38. The molecule has 1 heterocycles. The number of aromatic nitrogens is 1. The zero-order chi connectivity index (χ0) is 15.2. The smallest absolute Gasteiger partial charge is 0.0540 e. The molecule has 0 spiro atoms. The second-order valence-corrected chi connectivity index (χ2v) is 5.13. The molecule has 1 N–H and O–H groups in total. The molecule has 0 saturated carbocycles. The van der Waals surface area contributed by atoms with Crippen molar-refractivity contribution in [2.24, 2.45) is 0 Å². The van der Waals surface area contributed by atoms with Crippen LogP contribution in [0, 0.1) is 11.8 Å². The van der Waals surface area contributed by atoms with Crippen LogP contribution in [0.15, 0.2) is 60.8 Å². The minimum absolute atomic E-state index is 0.109. The molecule has 22 heavy (non-hydrogen) atoms. The maximum absolute atomic E-state index is 8.73. The van der Waals surface area contributed by atoms with Crippen LogP contribution in [0.4, 0.5) is 0 Å². The van der Waals surface area contributed by atoms with Crippen molar-refractivity contribution in [1.82, 2.24) is 4.98 Å². The summed E-state index contributed by atoms with van der Waals surface area (Å²) in [5.74, 6) is 5.97. The van der Waals surface area contributed by atoms with Gasteiger partial charge in [-0.1, -0.05) is 48.2 Å². The number of aliphatic hydroxyl groups excluding tert-OH is 1. The molecule has 108 valence electrons. The summed E-state index contributed by atoms with van der Waals surface area (Å²) >= 11 is 0. The molecule has 0 unspecified atom stereocenters. The van der Waals surface area contributed by atoms with Crippen LogP contribution in [-0.4, -0.2) is 16.7 Å². The molecule has 2 heteroatoms.